The Hall–Kier alpha value is -0.980. The third-order valence-corrected chi connectivity index (χ3v) is 5.80. The van der Waals surface area contributed by atoms with E-state index < -0.39 is 15.8 Å². The van der Waals surface area contributed by atoms with E-state index in [-0.39, 0.29) is 16.9 Å². The van der Waals surface area contributed by atoms with Gasteiger partial charge in [0, 0.05) is 13.1 Å². The van der Waals surface area contributed by atoms with E-state index >= 15 is 0 Å². The fourth-order valence-electron chi connectivity index (χ4n) is 2.32. The van der Waals surface area contributed by atoms with Crippen molar-refractivity contribution in [3.63, 3.8) is 0 Å². The monoisotopic (exact) mass is 301 g/mol. The minimum absolute atomic E-state index is 0.130. The van der Waals surface area contributed by atoms with Crippen LogP contribution < -0.4 is 0 Å². The molecule has 1 aromatic carbocycles. The molecule has 6 heteroatoms. The first-order valence-electron chi connectivity index (χ1n) is 6.66. The fourth-order valence-corrected chi connectivity index (χ4v) is 3.81. The predicted molar refractivity (Wildman–Crippen MR) is 74.1 cm³/mol. The molecule has 0 unspecified atom stereocenters. The van der Waals surface area contributed by atoms with Gasteiger partial charge in [0.2, 0.25) is 10.0 Å². The van der Waals surface area contributed by atoms with Crippen LogP contribution in [0.3, 0.4) is 0 Å². The van der Waals surface area contributed by atoms with Crippen LogP contribution in [0.5, 0.6) is 0 Å². The molecular formula is C14H20FNO3S. The van der Waals surface area contributed by atoms with Crippen molar-refractivity contribution in [1.82, 2.24) is 4.31 Å². The van der Waals surface area contributed by atoms with Gasteiger partial charge in [0.15, 0.2) is 0 Å². The van der Waals surface area contributed by atoms with Gasteiger partial charge in [0.25, 0.3) is 0 Å². The first-order valence-corrected chi connectivity index (χ1v) is 8.10. The molecule has 0 amide bonds. The summed E-state index contributed by atoms with van der Waals surface area (Å²) in [6.07, 6.45) is 1.53. The zero-order valence-corrected chi connectivity index (χ0v) is 12.6. The number of piperidine rings is 1. The van der Waals surface area contributed by atoms with E-state index in [0.717, 1.165) is 18.9 Å². The number of halogens is 1. The molecule has 2 rings (SSSR count). The van der Waals surface area contributed by atoms with Crippen LogP contribution in [-0.4, -0.2) is 30.9 Å². The van der Waals surface area contributed by atoms with Gasteiger partial charge in [-0.3, -0.25) is 0 Å². The van der Waals surface area contributed by atoms with Gasteiger partial charge < -0.3 is 5.11 Å². The molecule has 1 heterocycles. The normalized spacial score (nSPS) is 20.0. The van der Waals surface area contributed by atoms with Crippen molar-refractivity contribution in [2.24, 2.45) is 5.41 Å². The van der Waals surface area contributed by atoms with Crippen molar-refractivity contribution in [1.29, 1.82) is 0 Å². The average Bonchev–Trinajstić information content (AvgIpc) is 2.37. The van der Waals surface area contributed by atoms with E-state index in [9.17, 15) is 12.8 Å². The van der Waals surface area contributed by atoms with E-state index in [1.165, 1.54) is 16.4 Å². The molecule has 0 atom stereocenters. The van der Waals surface area contributed by atoms with Gasteiger partial charge >= 0.3 is 0 Å². The molecule has 1 fully saturated rings. The van der Waals surface area contributed by atoms with Crippen LogP contribution in [0.15, 0.2) is 23.1 Å². The highest BCUT2D eigenvalue weighted by molar-refractivity contribution is 7.89. The van der Waals surface area contributed by atoms with Gasteiger partial charge in [-0.1, -0.05) is 19.9 Å². The maximum Gasteiger partial charge on any atom is 0.245 e. The summed E-state index contributed by atoms with van der Waals surface area (Å²) in [7, 11) is -3.79. The van der Waals surface area contributed by atoms with Gasteiger partial charge in [-0.25, -0.2) is 12.8 Å². The third-order valence-electron chi connectivity index (χ3n) is 3.87. The Balaban J connectivity index is 2.27. The minimum Gasteiger partial charge on any atom is -0.392 e. The van der Waals surface area contributed by atoms with Crippen LogP contribution in [0.1, 0.15) is 32.3 Å². The van der Waals surface area contributed by atoms with Crippen molar-refractivity contribution in [2.75, 3.05) is 13.1 Å². The Labute approximate surface area is 119 Å². The van der Waals surface area contributed by atoms with Gasteiger partial charge in [-0.2, -0.15) is 4.31 Å². The van der Waals surface area contributed by atoms with E-state index in [4.69, 9.17) is 5.11 Å². The van der Waals surface area contributed by atoms with Crippen molar-refractivity contribution >= 4 is 10.0 Å². The maximum absolute atomic E-state index is 13.9. The molecule has 0 saturated carbocycles. The van der Waals surface area contributed by atoms with Crippen LogP contribution in [0.4, 0.5) is 4.39 Å². The quantitative estimate of drug-likeness (QED) is 0.930. The minimum atomic E-state index is -3.79. The molecule has 1 aliphatic rings. The van der Waals surface area contributed by atoms with Crippen molar-refractivity contribution < 1.29 is 17.9 Å². The predicted octanol–water partition coefficient (Wildman–Crippen LogP) is 2.13. The topological polar surface area (TPSA) is 57.6 Å². The van der Waals surface area contributed by atoms with Crippen molar-refractivity contribution in [2.45, 2.75) is 38.2 Å². The summed E-state index contributed by atoms with van der Waals surface area (Å²) in [5.41, 5.74) is 0.493. The van der Waals surface area contributed by atoms with Crippen LogP contribution >= 0.6 is 0 Å². The number of rotatable bonds is 3. The molecule has 4 nitrogen and oxygen atoms in total. The van der Waals surface area contributed by atoms with Gasteiger partial charge in [-0.15, -0.1) is 0 Å². The number of hydrogen-bond acceptors (Lipinski definition) is 3. The number of aliphatic hydroxyl groups excluding tert-OH is 1. The lowest BCUT2D eigenvalue weighted by molar-refractivity contribution is 0.195. The number of hydrogen-bond donors (Lipinski definition) is 1. The van der Waals surface area contributed by atoms with E-state index in [1.54, 1.807) is 0 Å². The first kappa shape index (κ1) is 15.4. The molecule has 0 radical (unpaired) electrons. The summed E-state index contributed by atoms with van der Waals surface area (Å²) in [5, 5.41) is 8.94. The summed E-state index contributed by atoms with van der Waals surface area (Å²) < 4.78 is 40.1. The van der Waals surface area contributed by atoms with Gasteiger partial charge in [-0.05, 0) is 36.0 Å². The summed E-state index contributed by atoms with van der Waals surface area (Å²) in [6, 6.07) is 3.74. The lowest BCUT2D eigenvalue weighted by Crippen LogP contribution is -2.41. The maximum atomic E-state index is 13.9. The molecule has 1 aromatic rings. The Kier molecular flexibility index (Phi) is 4.18. The van der Waals surface area contributed by atoms with Crippen LogP contribution in [0.2, 0.25) is 0 Å². The smallest absolute Gasteiger partial charge is 0.245 e. The average molecular weight is 301 g/mol. The molecule has 112 valence electrons. The number of aliphatic hydroxyl groups is 1. The number of benzene rings is 1. The Bertz CT molecular complexity index is 588. The van der Waals surface area contributed by atoms with Crippen LogP contribution in [0.25, 0.3) is 0 Å². The molecule has 1 N–H and O–H groups in total. The Morgan fingerprint density at radius 2 is 1.90 bits per heavy atom. The van der Waals surface area contributed by atoms with Crippen molar-refractivity contribution in [3.8, 4) is 0 Å². The van der Waals surface area contributed by atoms with E-state index in [0.29, 0.717) is 18.7 Å². The molecule has 0 bridgehead atoms. The molecule has 0 aromatic heterocycles. The second-order valence-corrected chi connectivity index (χ2v) is 7.90. The highest BCUT2D eigenvalue weighted by atomic mass is 32.2. The number of sulfonamides is 1. The second kappa shape index (κ2) is 5.42. The fraction of sp³-hybridized carbons (Fsp3) is 0.571. The van der Waals surface area contributed by atoms with E-state index in [1.807, 2.05) is 0 Å². The highest BCUT2D eigenvalue weighted by Crippen LogP contribution is 2.32. The zero-order valence-electron chi connectivity index (χ0n) is 11.8. The third kappa shape index (κ3) is 3.02. The van der Waals surface area contributed by atoms with Gasteiger partial charge in [0.1, 0.15) is 10.7 Å². The largest absolute Gasteiger partial charge is 0.392 e. The first-order chi connectivity index (χ1) is 9.26. The van der Waals surface area contributed by atoms with Crippen LogP contribution in [0, 0.1) is 11.2 Å². The molecule has 0 aliphatic carbocycles. The number of nitrogens with zero attached hydrogens (tertiary/aromatic N) is 1. The summed E-state index contributed by atoms with van der Waals surface area (Å²) >= 11 is 0. The zero-order chi connectivity index (χ0) is 15.0. The Morgan fingerprint density at radius 3 is 2.40 bits per heavy atom. The molecule has 0 spiro atoms. The molecule has 1 aliphatic heterocycles. The summed E-state index contributed by atoms with van der Waals surface area (Å²) in [4.78, 5) is -0.311. The summed E-state index contributed by atoms with van der Waals surface area (Å²) in [5.74, 6) is -0.804. The lowest BCUT2D eigenvalue weighted by atomic mass is 9.83. The standard InChI is InChI=1S/C14H20FNO3S/c1-14(2)5-7-16(8-6-14)20(18,19)13-4-3-11(10-17)9-12(13)15/h3-4,9,17H,5-8,10H2,1-2H3. The van der Waals surface area contributed by atoms with Crippen LogP contribution in [-0.2, 0) is 16.6 Å². The summed E-state index contributed by atoms with van der Waals surface area (Å²) in [6.45, 7) is 4.73. The van der Waals surface area contributed by atoms with Gasteiger partial charge in [0.05, 0.1) is 6.61 Å². The molecule has 20 heavy (non-hydrogen) atoms. The molecule has 1 saturated heterocycles. The lowest BCUT2D eigenvalue weighted by Gasteiger charge is -2.36. The highest BCUT2D eigenvalue weighted by Gasteiger charge is 2.34. The van der Waals surface area contributed by atoms with Crippen molar-refractivity contribution in [3.05, 3.63) is 29.6 Å². The second-order valence-electron chi connectivity index (χ2n) is 5.99. The van der Waals surface area contributed by atoms with E-state index in [2.05, 4.69) is 13.8 Å². The Morgan fingerprint density at radius 1 is 1.30 bits per heavy atom. The SMILES string of the molecule is CC1(C)CCN(S(=O)(=O)c2ccc(CO)cc2F)CC1. The molecular weight excluding hydrogens is 281 g/mol.